The van der Waals surface area contributed by atoms with Crippen molar-refractivity contribution in [1.29, 1.82) is 0 Å². The van der Waals surface area contributed by atoms with Gasteiger partial charge in [-0.3, -0.25) is 0 Å². The van der Waals surface area contributed by atoms with Gasteiger partial charge < -0.3 is 19.5 Å². The highest BCUT2D eigenvalue weighted by atomic mass is 16.5. The van der Waals surface area contributed by atoms with Crippen LogP contribution in [0.25, 0.3) is 0 Å². The average Bonchev–Trinajstić information content (AvgIpc) is 2.84. The Kier molecular flexibility index (Phi) is 3.66. The molecule has 0 radical (unpaired) electrons. The molecule has 1 aromatic rings. The fourth-order valence-corrected chi connectivity index (χ4v) is 2.66. The van der Waals surface area contributed by atoms with Crippen molar-refractivity contribution in [1.82, 2.24) is 5.32 Å². The van der Waals surface area contributed by atoms with E-state index >= 15 is 0 Å². The summed E-state index contributed by atoms with van der Waals surface area (Å²) in [4.78, 5) is 0. The van der Waals surface area contributed by atoms with Crippen molar-refractivity contribution >= 4 is 0 Å². The molecule has 1 unspecified atom stereocenters. The van der Waals surface area contributed by atoms with Crippen LogP contribution in [0.15, 0.2) is 12.1 Å². The summed E-state index contributed by atoms with van der Waals surface area (Å²) in [5, 5.41) is 3.54. The van der Waals surface area contributed by atoms with E-state index in [2.05, 4.69) is 18.3 Å². The van der Waals surface area contributed by atoms with Crippen molar-refractivity contribution < 1.29 is 14.2 Å². The van der Waals surface area contributed by atoms with Crippen LogP contribution in [-0.2, 0) is 5.54 Å². The quantitative estimate of drug-likeness (QED) is 0.891. The van der Waals surface area contributed by atoms with E-state index < -0.39 is 0 Å². The lowest BCUT2D eigenvalue weighted by molar-refractivity contribution is 0.311. The molecule has 100 valence electrons. The number of methoxy groups -OCH3 is 3. The highest BCUT2D eigenvalue weighted by Gasteiger charge is 2.34. The van der Waals surface area contributed by atoms with Gasteiger partial charge in [0.2, 0.25) is 5.75 Å². The van der Waals surface area contributed by atoms with Gasteiger partial charge in [-0.1, -0.05) is 0 Å². The molecule has 1 aliphatic rings. The molecule has 1 aliphatic heterocycles. The van der Waals surface area contributed by atoms with E-state index in [9.17, 15) is 0 Å². The Morgan fingerprint density at radius 2 is 1.78 bits per heavy atom. The molecular formula is C14H21NO3. The van der Waals surface area contributed by atoms with Crippen molar-refractivity contribution in [2.75, 3.05) is 27.9 Å². The summed E-state index contributed by atoms with van der Waals surface area (Å²) in [5.74, 6) is 2.11. The van der Waals surface area contributed by atoms with Crippen molar-refractivity contribution in [2.24, 2.45) is 0 Å². The van der Waals surface area contributed by atoms with Crippen LogP contribution in [-0.4, -0.2) is 27.9 Å². The second-order valence-electron chi connectivity index (χ2n) is 4.74. The lowest BCUT2D eigenvalue weighted by Crippen LogP contribution is -2.33. The topological polar surface area (TPSA) is 39.7 Å². The van der Waals surface area contributed by atoms with Gasteiger partial charge in [-0.25, -0.2) is 0 Å². The number of nitrogens with one attached hydrogen (secondary N) is 1. The minimum Gasteiger partial charge on any atom is -0.493 e. The molecule has 1 fully saturated rings. The fourth-order valence-electron chi connectivity index (χ4n) is 2.66. The van der Waals surface area contributed by atoms with Crippen molar-refractivity contribution in [2.45, 2.75) is 25.3 Å². The predicted octanol–water partition coefficient (Wildman–Crippen LogP) is 2.31. The van der Waals surface area contributed by atoms with E-state index in [1.165, 1.54) is 6.42 Å². The van der Waals surface area contributed by atoms with Crippen molar-refractivity contribution in [3.05, 3.63) is 17.7 Å². The molecule has 0 saturated carbocycles. The minimum absolute atomic E-state index is 0.0507. The molecule has 1 N–H and O–H groups in total. The van der Waals surface area contributed by atoms with E-state index in [0.29, 0.717) is 11.5 Å². The molecule has 4 nitrogen and oxygen atoms in total. The maximum atomic E-state index is 5.54. The zero-order chi connectivity index (χ0) is 13.2. The monoisotopic (exact) mass is 251 g/mol. The molecule has 0 spiro atoms. The lowest BCUT2D eigenvalue weighted by atomic mass is 9.89. The number of hydrogen-bond donors (Lipinski definition) is 1. The van der Waals surface area contributed by atoms with Gasteiger partial charge in [0.25, 0.3) is 0 Å². The van der Waals surface area contributed by atoms with Gasteiger partial charge in [-0.2, -0.15) is 0 Å². The first kappa shape index (κ1) is 13.0. The predicted molar refractivity (Wildman–Crippen MR) is 70.7 cm³/mol. The molecule has 2 rings (SSSR count). The van der Waals surface area contributed by atoms with Crippen LogP contribution < -0.4 is 19.5 Å². The summed E-state index contributed by atoms with van der Waals surface area (Å²) >= 11 is 0. The van der Waals surface area contributed by atoms with E-state index in [1.807, 2.05) is 6.07 Å². The van der Waals surface area contributed by atoms with E-state index in [0.717, 1.165) is 24.3 Å². The summed E-state index contributed by atoms with van der Waals surface area (Å²) < 4.78 is 16.3. The number of rotatable bonds is 4. The van der Waals surface area contributed by atoms with Crippen LogP contribution in [0.1, 0.15) is 25.3 Å². The Morgan fingerprint density at radius 1 is 1.06 bits per heavy atom. The van der Waals surface area contributed by atoms with E-state index in [4.69, 9.17) is 14.2 Å². The molecule has 1 heterocycles. The Bertz CT molecular complexity index is 425. The van der Waals surface area contributed by atoms with Gasteiger partial charge in [0.05, 0.1) is 21.3 Å². The highest BCUT2D eigenvalue weighted by Crippen LogP contribution is 2.45. The second-order valence-corrected chi connectivity index (χ2v) is 4.74. The second kappa shape index (κ2) is 5.06. The normalized spacial score (nSPS) is 22.9. The van der Waals surface area contributed by atoms with E-state index in [1.54, 1.807) is 21.3 Å². The smallest absolute Gasteiger partial charge is 0.203 e. The number of ether oxygens (including phenoxy) is 3. The number of benzene rings is 1. The zero-order valence-electron chi connectivity index (χ0n) is 11.5. The fraction of sp³-hybridized carbons (Fsp3) is 0.571. The maximum Gasteiger partial charge on any atom is 0.203 e. The first-order valence-corrected chi connectivity index (χ1v) is 6.20. The molecule has 1 atom stereocenters. The SMILES string of the molecule is COc1ccc(C2(C)CCCN2)c(OC)c1OC. The lowest BCUT2D eigenvalue weighted by Gasteiger charge is -2.28. The molecule has 0 amide bonds. The molecule has 1 aromatic carbocycles. The van der Waals surface area contributed by atoms with Gasteiger partial charge in [-0.15, -0.1) is 0 Å². The molecule has 18 heavy (non-hydrogen) atoms. The van der Waals surface area contributed by atoms with E-state index in [-0.39, 0.29) is 5.54 Å². The molecule has 1 saturated heterocycles. The highest BCUT2D eigenvalue weighted by molar-refractivity contribution is 5.57. The van der Waals surface area contributed by atoms with Crippen LogP contribution >= 0.6 is 0 Å². The van der Waals surface area contributed by atoms with Crippen LogP contribution in [0.5, 0.6) is 17.2 Å². The Labute approximate surface area is 108 Å². The summed E-state index contributed by atoms with van der Waals surface area (Å²) in [7, 11) is 4.93. The Balaban J connectivity index is 2.54. The molecule has 0 bridgehead atoms. The Hall–Kier alpha value is -1.42. The van der Waals surface area contributed by atoms with Crippen LogP contribution in [0, 0.1) is 0 Å². The van der Waals surface area contributed by atoms with Crippen LogP contribution in [0.2, 0.25) is 0 Å². The average molecular weight is 251 g/mol. The molecule has 0 aliphatic carbocycles. The van der Waals surface area contributed by atoms with Crippen molar-refractivity contribution in [3.63, 3.8) is 0 Å². The minimum atomic E-state index is -0.0507. The third kappa shape index (κ3) is 2.01. The third-order valence-electron chi connectivity index (χ3n) is 3.67. The third-order valence-corrected chi connectivity index (χ3v) is 3.67. The largest absolute Gasteiger partial charge is 0.493 e. The van der Waals surface area contributed by atoms with Gasteiger partial charge in [0, 0.05) is 11.1 Å². The summed E-state index contributed by atoms with van der Waals surface area (Å²) in [6.45, 7) is 3.23. The first-order valence-electron chi connectivity index (χ1n) is 6.20. The Morgan fingerprint density at radius 3 is 2.28 bits per heavy atom. The van der Waals surface area contributed by atoms with Gasteiger partial charge in [-0.05, 0) is 38.4 Å². The molecular weight excluding hydrogens is 230 g/mol. The van der Waals surface area contributed by atoms with Crippen molar-refractivity contribution in [3.8, 4) is 17.2 Å². The van der Waals surface area contributed by atoms with Gasteiger partial charge >= 0.3 is 0 Å². The molecule has 0 aromatic heterocycles. The van der Waals surface area contributed by atoms with Gasteiger partial charge in [0.15, 0.2) is 11.5 Å². The first-order chi connectivity index (χ1) is 8.66. The van der Waals surface area contributed by atoms with Gasteiger partial charge in [0.1, 0.15) is 0 Å². The van der Waals surface area contributed by atoms with Crippen LogP contribution in [0.3, 0.4) is 0 Å². The zero-order valence-corrected chi connectivity index (χ0v) is 11.5. The maximum absolute atomic E-state index is 5.54. The number of hydrogen-bond acceptors (Lipinski definition) is 4. The van der Waals surface area contributed by atoms with Crippen LogP contribution in [0.4, 0.5) is 0 Å². The standard InChI is InChI=1S/C14H21NO3/c1-14(8-5-9-15-14)10-6-7-11(16-2)13(18-4)12(10)17-3/h6-7,15H,5,8-9H2,1-4H3. The summed E-state index contributed by atoms with van der Waals surface area (Å²) in [6.07, 6.45) is 2.27. The summed E-state index contributed by atoms with van der Waals surface area (Å²) in [6, 6.07) is 3.99. The molecule has 4 heteroatoms. The summed E-state index contributed by atoms with van der Waals surface area (Å²) in [5.41, 5.74) is 1.07.